The van der Waals surface area contributed by atoms with Crippen molar-refractivity contribution in [3.05, 3.63) is 182 Å². The highest BCUT2D eigenvalue weighted by Gasteiger charge is 2.23. The molecule has 3 heterocycles. The lowest BCUT2D eigenvalue weighted by Crippen LogP contribution is -2.03. The normalized spacial score (nSPS) is 11.8. The Bertz CT molecular complexity index is 3160. The van der Waals surface area contributed by atoms with Crippen molar-refractivity contribution >= 4 is 65.3 Å². The van der Waals surface area contributed by atoms with Gasteiger partial charge in [-0.05, 0) is 52.9 Å². The van der Waals surface area contributed by atoms with E-state index >= 15 is 0 Å². The first-order chi connectivity index (χ1) is 25.8. The zero-order chi connectivity index (χ0) is 34.2. The van der Waals surface area contributed by atoms with Crippen LogP contribution in [0, 0.1) is 0 Å². The number of nitrogens with zero attached hydrogens (tertiary/aromatic N) is 4. The van der Waals surface area contributed by atoms with Crippen LogP contribution in [0.15, 0.2) is 182 Å². The highest BCUT2D eigenvalue weighted by molar-refractivity contribution is 6.31. The molecule has 0 spiro atoms. The molecule has 0 N–H and O–H groups in total. The summed E-state index contributed by atoms with van der Waals surface area (Å²) in [6, 6.07) is 64.7. The van der Waals surface area contributed by atoms with Gasteiger partial charge in [0.2, 0.25) is 5.95 Å². The van der Waals surface area contributed by atoms with E-state index < -0.39 is 0 Å². The van der Waals surface area contributed by atoms with Gasteiger partial charge in [-0.15, -0.1) is 0 Å². The van der Waals surface area contributed by atoms with Gasteiger partial charge >= 0.3 is 0 Å². The van der Waals surface area contributed by atoms with Gasteiger partial charge in [-0.25, -0.2) is 9.97 Å². The fraction of sp³-hybridized carbons (Fsp3) is 0. The van der Waals surface area contributed by atoms with E-state index in [9.17, 15) is 0 Å². The van der Waals surface area contributed by atoms with E-state index in [0.717, 1.165) is 38.9 Å². The van der Waals surface area contributed by atoms with E-state index in [4.69, 9.17) is 9.97 Å². The van der Waals surface area contributed by atoms with E-state index in [0.29, 0.717) is 5.95 Å². The zero-order valence-corrected chi connectivity index (χ0v) is 28.1. The van der Waals surface area contributed by atoms with Crippen LogP contribution in [0.25, 0.3) is 99.3 Å². The van der Waals surface area contributed by atoms with Gasteiger partial charge in [0, 0.05) is 43.6 Å². The zero-order valence-electron chi connectivity index (χ0n) is 28.1. The molecule has 0 aliphatic heterocycles. The monoisotopic (exact) mass is 662 g/mol. The van der Waals surface area contributed by atoms with Gasteiger partial charge in [0.05, 0.1) is 33.3 Å². The van der Waals surface area contributed by atoms with Crippen LogP contribution in [0.5, 0.6) is 0 Å². The van der Waals surface area contributed by atoms with Gasteiger partial charge < -0.3 is 4.57 Å². The molecule has 0 aliphatic rings. The van der Waals surface area contributed by atoms with Crippen LogP contribution in [-0.4, -0.2) is 19.1 Å². The molecule has 11 aromatic rings. The Balaban J connectivity index is 1.22. The van der Waals surface area contributed by atoms with E-state index in [2.05, 4.69) is 191 Å². The molecular formula is C48H30N4. The first kappa shape index (κ1) is 28.8. The van der Waals surface area contributed by atoms with Crippen LogP contribution in [-0.2, 0) is 0 Å². The minimum Gasteiger partial charge on any atom is -0.309 e. The van der Waals surface area contributed by atoms with E-state index in [1.165, 1.54) is 54.5 Å². The summed E-state index contributed by atoms with van der Waals surface area (Å²) < 4.78 is 4.69. The summed E-state index contributed by atoms with van der Waals surface area (Å²) in [6.07, 6.45) is 0. The lowest BCUT2D eigenvalue weighted by Gasteiger charge is -2.12. The van der Waals surface area contributed by atoms with Crippen molar-refractivity contribution in [2.75, 3.05) is 0 Å². The van der Waals surface area contributed by atoms with Crippen molar-refractivity contribution < 1.29 is 0 Å². The Morgan fingerprint density at radius 2 is 0.942 bits per heavy atom. The highest BCUT2D eigenvalue weighted by Crippen LogP contribution is 2.44. The second-order valence-electron chi connectivity index (χ2n) is 13.4. The number of aromatic nitrogens is 4. The lowest BCUT2D eigenvalue weighted by atomic mass is 10.0. The molecule has 0 atom stereocenters. The molecule has 0 aliphatic carbocycles. The largest absolute Gasteiger partial charge is 0.309 e. The molecule has 0 bridgehead atoms. The van der Waals surface area contributed by atoms with Crippen LogP contribution >= 0.6 is 0 Å². The lowest BCUT2D eigenvalue weighted by molar-refractivity contribution is 1.01. The number of hydrogen-bond acceptors (Lipinski definition) is 2. The van der Waals surface area contributed by atoms with Crippen molar-refractivity contribution in [2.24, 2.45) is 0 Å². The van der Waals surface area contributed by atoms with Gasteiger partial charge in [0.15, 0.2) is 0 Å². The molecule has 11 rings (SSSR count). The van der Waals surface area contributed by atoms with Crippen LogP contribution in [0.1, 0.15) is 0 Å². The predicted octanol–water partition coefficient (Wildman–Crippen LogP) is 12.3. The molecule has 8 aromatic carbocycles. The van der Waals surface area contributed by atoms with Crippen molar-refractivity contribution in [3.63, 3.8) is 0 Å². The maximum absolute atomic E-state index is 5.40. The average molecular weight is 663 g/mol. The van der Waals surface area contributed by atoms with Gasteiger partial charge in [0.1, 0.15) is 0 Å². The van der Waals surface area contributed by atoms with Crippen LogP contribution < -0.4 is 0 Å². The standard InChI is InChI=1S/C48H30N4/c1-3-13-31(14-4-1)32-23-25-34(26-24-32)46-37-19-9-11-21-40(37)49-48(50-46)52-41-22-12-10-20-38(41)44-43(52)30-29-42-45(44)39-28-27-33-15-7-8-18-36(33)47(39)51(42)35-16-5-2-6-17-35/h1-30H. The minimum atomic E-state index is 0.656. The molecular weight excluding hydrogens is 633 g/mol. The van der Waals surface area contributed by atoms with Crippen LogP contribution in [0.2, 0.25) is 0 Å². The number of para-hydroxylation sites is 3. The van der Waals surface area contributed by atoms with Crippen LogP contribution in [0.4, 0.5) is 0 Å². The molecule has 52 heavy (non-hydrogen) atoms. The van der Waals surface area contributed by atoms with Crippen molar-refractivity contribution in [1.29, 1.82) is 0 Å². The predicted molar refractivity (Wildman–Crippen MR) is 217 cm³/mol. The third-order valence-electron chi connectivity index (χ3n) is 10.5. The molecule has 0 fully saturated rings. The quantitative estimate of drug-likeness (QED) is 0.188. The summed E-state index contributed by atoms with van der Waals surface area (Å²) >= 11 is 0. The molecule has 0 unspecified atom stereocenters. The number of hydrogen-bond donors (Lipinski definition) is 0. The summed E-state index contributed by atoms with van der Waals surface area (Å²) in [5, 5.41) is 8.32. The summed E-state index contributed by atoms with van der Waals surface area (Å²) in [5.41, 5.74) is 10.9. The summed E-state index contributed by atoms with van der Waals surface area (Å²) in [4.78, 5) is 10.7. The van der Waals surface area contributed by atoms with E-state index in [-0.39, 0.29) is 0 Å². The maximum Gasteiger partial charge on any atom is 0.235 e. The number of fused-ring (bicyclic) bond motifs is 10. The van der Waals surface area contributed by atoms with Crippen molar-refractivity contribution in [2.45, 2.75) is 0 Å². The summed E-state index contributed by atoms with van der Waals surface area (Å²) in [5.74, 6) is 0.656. The molecule has 4 heteroatoms. The van der Waals surface area contributed by atoms with Crippen molar-refractivity contribution in [1.82, 2.24) is 19.1 Å². The average Bonchev–Trinajstić information content (AvgIpc) is 3.74. The number of benzene rings is 8. The Morgan fingerprint density at radius 1 is 0.346 bits per heavy atom. The van der Waals surface area contributed by atoms with E-state index in [1.54, 1.807) is 0 Å². The van der Waals surface area contributed by atoms with Gasteiger partial charge in [-0.2, -0.15) is 0 Å². The second-order valence-corrected chi connectivity index (χ2v) is 13.4. The SMILES string of the molecule is c1ccc(-c2ccc(-c3nc(-n4c5ccccc5c5c6c7ccc8ccccc8c7n(-c7ccccc7)c6ccc54)nc4ccccc34)cc2)cc1. The molecule has 0 saturated heterocycles. The Morgan fingerprint density at radius 3 is 1.75 bits per heavy atom. The Kier molecular flexibility index (Phi) is 6.22. The summed E-state index contributed by atoms with van der Waals surface area (Å²) in [7, 11) is 0. The van der Waals surface area contributed by atoms with Crippen LogP contribution in [0.3, 0.4) is 0 Å². The fourth-order valence-electron chi connectivity index (χ4n) is 8.22. The first-order valence-electron chi connectivity index (χ1n) is 17.7. The molecule has 0 saturated carbocycles. The molecule has 0 radical (unpaired) electrons. The third kappa shape index (κ3) is 4.21. The molecule has 242 valence electrons. The third-order valence-corrected chi connectivity index (χ3v) is 10.5. The molecule has 3 aromatic heterocycles. The van der Waals surface area contributed by atoms with Crippen molar-refractivity contribution in [3.8, 4) is 34.0 Å². The van der Waals surface area contributed by atoms with E-state index in [1.807, 2.05) is 0 Å². The fourth-order valence-corrected chi connectivity index (χ4v) is 8.22. The topological polar surface area (TPSA) is 35.6 Å². The number of rotatable bonds is 4. The highest BCUT2D eigenvalue weighted by atomic mass is 15.2. The molecule has 4 nitrogen and oxygen atoms in total. The van der Waals surface area contributed by atoms with Gasteiger partial charge in [0.25, 0.3) is 0 Å². The second kappa shape index (κ2) is 11.2. The van der Waals surface area contributed by atoms with Gasteiger partial charge in [-0.1, -0.05) is 146 Å². The molecule has 0 amide bonds. The maximum atomic E-state index is 5.40. The smallest absolute Gasteiger partial charge is 0.235 e. The Hall–Kier alpha value is -7.04. The Labute approximate surface area is 299 Å². The first-order valence-corrected chi connectivity index (χ1v) is 17.7. The van der Waals surface area contributed by atoms with Gasteiger partial charge in [-0.3, -0.25) is 4.57 Å². The summed E-state index contributed by atoms with van der Waals surface area (Å²) in [6.45, 7) is 0. The minimum absolute atomic E-state index is 0.656.